The van der Waals surface area contributed by atoms with Gasteiger partial charge in [0, 0.05) is 22.5 Å². The zero-order valence-corrected chi connectivity index (χ0v) is 18.0. The predicted octanol–water partition coefficient (Wildman–Crippen LogP) is 4.77. The van der Waals surface area contributed by atoms with Crippen molar-refractivity contribution in [3.05, 3.63) is 94.5 Å². The monoisotopic (exact) mass is 468 g/mol. The Morgan fingerprint density at radius 2 is 1.51 bits per heavy atom. The molecular weight excluding hydrogens is 452 g/mol. The Morgan fingerprint density at radius 1 is 0.743 bits per heavy atom. The van der Waals surface area contributed by atoms with E-state index in [0.29, 0.717) is 39.1 Å². The Balaban J connectivity index is 1.36. The fourth-order valence-electron chi connectivity index (χ4n) is 3.89. The average Bonchev–Trinajstić information content (AvgIpc) is 3.48. The molecule has 9 nitrogen and oxygen atoms in total. The molecule has 9 heteroatoms. The Morgan fingerprint density at radius 3 is 2.40 bits per heavy atom. The molecule has 0 fully saturated rings. The zero-order chi connectivity index (χ0) is 23.9. The first kappa shape index (κ1) is 20.5. The molecule has 3 aromatic carbocycles. The molecule has 2 N–H and O–H groups in total. The summed E-state index contributed by atoms with van der Waals surface area (Å²) < 4.78 is 21.7. The number of rotatable bonds is 4. The van der Waals surface area contributed by atoms with Gasteiger partial charge in [0.1, 0.15) is 22.4 Å². The number of para-hydroxylation sites is 2. The molecule has 0 aliphatic carbocycles. The van der Waals surface area contributed by atoms with Crippen molar-refractivity contribution in [2.75, 3.05) is 17.4 Å². The molecule has 0 saturated carbocycles. The number of carbonyl (C=O) groups is 2. The van der Waals surface area contributed by atoms with Crippen LogP contribution < -0.4 is 25.7 Å². The number of nitrogens with one attached hydrogen (secondary N) is 2. The van der Waals surface area contributed by atoms with Crippen LogP contribution in [0.2, 0.25) is 0 Å². The van der Waals surface area contributed by atoms with Gasteiger partial charge in [-0.2, -0.15) is 0 Å². The van der Waals surface area contributed by atoms with E-state index in [1.54, 1.807) is 66.7 Å². The lowest BCUT2D eigenvalue weighted by Gasteiger charge is -2.08. The molecule has 2 amide bonds. The van der Waals surface area contributed by atoms with Crippen molar-refractivity contribution >= 4 is 45.1 Å². The minimum Gasteiger partial charge on any atom is -0.454 e. The summed E-state index contributed by atoms with van der Waals surface area (Å²) in [7, 11) is 0. The van der Waals surface area contributed by atoms with Crippen molar-refractivity contribution < 1.29 is 27.9 Å². The van der Waals surface area contributed by atoms with Crippen molar-refractivity contribution in [3.8, 4) is 11.5 Å². The molecule has 172 valence electrons. The minimum atomic E-state index is -0.791. The van der Waals surface area contributed by atoms with Gasteiger partial charge in [-0.1, -0.05) is 30.3 Å². The van der Waals surface area contributed by atoms with Crippen molar-refractivity contribution in [1.29, 1.82) is 0 Å². The number of hydrogen-bond acceptors (Lipinski definition) is 7. The van der Waals surface area contributed by atoms with Crippen LogP contribution in [-0.4, -0.2) is 18.6 Å². The van der Waals surface area contributed by atoms with E-state index >= 15 is 0 Å². The minimum absolute atomic E-state index is 0.106. The molecule has 0 unspecified atom stereocenters. The van der Waals surface area contributed by atoms with Crippen LogP contribution in [0.1, 0.15) is 20.9 Å². The Hall–Kier alpha value is -5.05. The highest BCUT2D eigenvalue weighted by Gasteiger charge is 2.25. The molecule has 3 heterocycles. The highest BCUT2D eigenvalue weighted by molar-refractivity contribution is 6.17. The van der Waals surface area contributed by atoms with E-state index in [0.717, 1.165) is 0 Å². The van der Waals surface area contributed by atoms with Crippen LogP contribution >= 0.6 is 0 Å². The van der Waals surface area contributed by atoms with Gasteiger partial charge in [-0.05, 0) is 36.4 Å². The summed E-state index contributed by atoms with van der Waals surface area (Å²) in [5.74, 6) is -0.366. The maximum absolute atomic E-state index is 13.2. The van der Waals surface area contributed by atoms with E-state index in [1.165, 1.54) is 6.07 Å². The second-order valence-electron chi connectivity index (χ2n) is 7.76. The standard InChI is InChI=1S/C26H16N2O7/c29-24(17-11-14-5-1-3-7-18(14)35-26(17)31)28-22-16-6-2-4-8-19(16)34-23(22)25(30)27-15-9-10-20-21(12-15)33-13-32-20/h1-12H,13H2,(H,27,30)(H,28,29). The molecule has 1 aliphatic heterocycles. The number of anilines is 2. The fraction of sp³-hybridized carbons (Fsp3) is 0.0385. The SMILES string of the molecule is O=C(Nc1ccc2c(c1)OCO2)c1oc2ccccc2c1NC(=O)c1cc2ccccc2oc1=O. The molecule has 0 spiro atoms. The first-order valence-corrected chi connectivity index (χ1v) is 10.6. The van der Waals surface area contributed by atoms with Crippen molar-refractivity contribution in [3.63, 3.8) is 0 Å². The zero-order valence-electron chi connectivity index (χ0n) is 18.0. The number of hydrogen-bond donors (Lipinski definition) is 2. The van der Waals surface area contributed by atoms with Gasteiger partial charge in [-0.3, -0.25) is 9.59 Å². The summed E-state index contributed by atoms with van der Waals surface area (Å²) in [5.41, 5.74) is 0.357. The summed E-state index contributed by atoms with van der Waals surface area (Å²) in [5, 5.41) is 6.50. The summed E-state index contributed by atoms with van der Waals surface area (Å²) in [4.78, 5) is 38.7. The Bertz CT molecular complexity index is 1700. The molecule has 0 radical (unpaired) electrons. The number of fused-ring (bicyclic) bond motifs is 3. The van der Waals surface area contributed by atoms with Gasteiger partial charge in [0.2, 0.25) is 12.6 Å². The maximum atomic E-state index is 13.2. The summed E-state index contributed by atoms with van der Waals surface area (Å²) in [6, 6.07) is 20.2. The molecule has 0 saturated heterocycles. The van der Waals surface area contributed by atoms with Crippen molar-refractivity contribution in [1.82, 2.24) is 0 Å². The lowest BCUT2D eigenvalue weighted by molar-refractivity contribution is 0.0999. The average molecular weight is 468 g/mol. The molecular formula is C26H16N2O7. The number of benzene rings is 3. The molecule has 0 bridgehead atoms. The van der Waals surface area contributed by atoms with Crippen LogP contribution in [0.15, 0.2) is 86.4 Å². The van der Waals surface area contributed by atoms with E-state index in [4.69, 9.17) is 18.3 Å². The topological polar surface area (TPSA) is 120 Å². The van der Waals surface area contributed by atoms with E-state index in [-0.39, 0.29) is 23.8 Å². The van der Waals surface area contributed by atoms with E-state index in [2.05, 4.69) is 10.6 Å². The normalized spacial score (nSPS) is 12.1. The molecule has 0 atom stereocenters. The van der Waals surface area contributed by atoms with Crippen molar-refractivity contribution in [2.24, 2.45) is 0 Å². The molecule has 35 heavy (non-hydrogen) atoms. The molecule has 1 aliphatic rings. The predicted molar refractivity (Wildman–Crippen MR) is 127 cm³/mol. The number of ether oxygens (including phenoxy) is 2. The van der Waals surface area contributed by atoms with Crippen LogP contribution in [0.4, 0.5) is 11.4 Å². The third-order valence-corrected chi connectivity index (χ3v) is 5.56. The number of amides is 2. The van der Waals surface area contributed by atoms with Crippen LogP contribution in [-0.2, 0) is 0 Å². The van der Waals surface area contributed by atoms with Crippen LogP contribution in [0.5, 0.6) is 11.5 Å². The summed E-state index contributed by atoms with van der Waals surface area (Å²) in [6.45, 7) is 0.106. The Labute approximate surface area is 196 Å². The third-order valence-electron chi connectivity index (χ3n) is 5.56. The van der Waals surface area contributed by atoms with E-state index in [9.17, 15) is 14.4 Å². The van der Waals surface area contributed by atoms with Gasteiger partial charge in [0.05, 0.1) is 0 Å². The molecule has 5 aromatic rings. The second-order valence-corrected chi connectivity index (χ2v) is 7.76. The highest BCUT2D eigenvalue weighted by atomic mass is 16.7. The van der Waals surface area contributed by atoms with Crippen LogP contribution in [0.3, 0.4) is 0 Å². The van der Waals surface area contributed by atoms with Gasteiger partial charge in [0.15, 0.2) is 11.5 Å². The summed E-state index contributed by atoms with van der Waals surface area (Å²) in [6.07, 6.45) is 0. The second kappa shape index (κ2) is 8.07. The van der Waals surface area contributed by atoms with E-state index < -0.39 is 17.4 Å². The van der Waals surface area contributed by atoms with Gasteiger partial charge in [-0.25, -0.2) is 4.79 Å². The van der Waals surface area contributed by atoms with Gasteiger partial charge in [-0.15, -0.1) is 0 Å². The largest absolute Gasteiger partial charge is 0.454 e. The first-order chi connectivity index (χ1) is 17.1. The smallest absolute Gasteiger partial charge is 0.349 e. The molecule has 6 rings (SSSR count). The number of carbonyl (C=O) groups excluding carboxylic acids is 2. The Kier molecular flexibility index (Phi) is 4.74. The van der Waals surface area contributed by atoms with Gasteiger partial charge in [0.25, 0.3) is 11.8 Å². The third kappa shape index (κ3) is 3.65. The lowest BCUT2D eigenvalue weighted by Crippen LogP contribution is -2.22. The highest BCUT2D eigenvalue weighted by Crippen LogP contribution is 2.35. The van der Waals surface area contributed by atoms with Crippen LogP contribution in [0.25, 0.3) is 21.9 Å². The molecule has 2 aromatic heterocycles. The van der Waals surface area contributed by atoms with E-state index in [1.807, 2.05) is 0 Å². The maximum Gasteiger partial charge on any atom is 0.349 e. The number of furan rings is 1. The fourth-order valence-corrected chi connectivity index (χ4v) is 3.89. The van der Waals surface area contributed by atoms with Crippen molar-refractivity contribution in [2.45, 2.75) is 0 Å². The quantitative estimate of drug-likeness (QED) is 0.365. The van der Waals surface area contributed by atoms with Crippen LogP contribution in [0, 0.1) is 0 Å². The van der Waals surface area contributed by atoms with Gasteiger partial charge >= 0.3 is 5.63 Å². The van der Waals surface area contributed by atoms with Gasteiger partial charge < -0.3 is 28.9 Å². The summed E-state index contributed by atoms with van der Waals surface area (Å²) >= 11 is 0. The lowest BCUT2D eigenvalue weighted by atomic mass is 10.1. The first-order valence-electron chi connectivity index (χ1n) is 10.6.